The molecule has 0 unspecified atom stereocenters. The average molecular weight is 443 g/mol. The largest absolute Gasteiger partial charge is 0.302 e. The third-order valence-corrected chi connectivity index (χ3v) is 7.82. The predicted molar refractivity (Wildman–Crippen MR) is 124 cm³/mol. The maximum absolute atomic E-state index is 13.1. The quantitative estimate of drug-likeness (QED) is 0.409. The van der Waals surface area contributed by atoms with Gasteiger partial charge in [0.1, 0.15) is 5.82 Å². The highest BCUT2D eigenvalue weighted by Gasteiger charge is 2.26. The first kappa shape index (κ1) is 21.2. The van der Waals surface area contributed by atoms with Crippen molar-refractivity contribution in [2.75, 3.05) is 5.32 Å². The van der Waals surface area contributed by atoms with E-state index in [0.29, 0.717) is 5.13 Å². The molecule has 1 saturated carbocycles. The van der Waals surface area contributed by atoms with Crippen molar-refractivity contribution < 1.29 is 9.18 Å². The summed E-state index contributed by atoms with van der Waals surface area (Å²) in [6.07, 6.45) is 8.18. The molecule has 1 aliphatic rings. The van der Waals surface area contributed by atoms with Gasteiger partial charge in [0.15, 0.2) is 5.13 Å². The molecule has 3 aromatic rings. The lowest BCUT2D eigenvalue weighted by atomic mass is 9.79. The molecule has 0 atom stereocenters. The minimum absolute atomic E-state index is 0.113. The number of hydrogen-bond donors (Lipinski definition) is 1. The second kappa shape index (κ2) is 9.84. The first-order valence-corrected chi connectivity index (χ1v) is 12.4. The van der Waals surface area contributed by atoms with Crippen LogP contribution in [0.1, 0.15) is 51.9 Å². The van der Waals surface area contributed by atoms with Crippen LogP contribution in [0.15, 0.2) is 41.8 Å². The van der Waals surface area contributed by atoms with Crippen molar-refractivity contribution in [2.45, 2.75) is 51.9 Å². The van der Waals surface area contributed by atoms with Gasteiger partial charge in [-0.1, -0.05) is 38.3 Å². The first-order valence-electron chi connectivity index (χ1n) is 10.7. The van der Waals surface area contributed by atoms with Crippen LogP contribution in [0.5, 0.6) is 0 Å². The van der Waals surface area contributed by atoms with Gasteiger partial charge in [-0.05, 0) is 61.4 Å². The van der Waals surface area contributed by atoms with E-state index in [-0.39, 0.29) is 17.6 Å². The van der Waals surface area contributed by atoms with E-state index in [9.17, 15) is 9.18 Å². The number of halogens is 1. The third kappa shape index (κ3) is 5.16. The zero-order valence-corrected chi connectivity index (χ0v) is 18.8. The van der Waals surface area contributed by atoms with Crippen LogP contribution in [-0.4, -0.2) is 10.9 Å². The van der Waals surface area contributed by atoms with Crippen LogP contribution in [0.25, 0.3) is 21.0 Å². The standard InChI is InChI=1S/C24H27FN2OS2/c1-2-3-4-16-5-7-18(8-6-16)23(28)27-24-26-20(15-29-24)22-14-13-21(30-22)17-9-11-19(25)12-10-17/h9-16,18H,2-8H2,1H3,(H,26,27,28). The maximum Gasteiger partial charge on any atom is 0.229 e. The Kier molecular flexibility index (Phi) is 6.95. The molecule has 0 radical (unpaired) electrons. The molecule has 2 aromatic heterocycles. The number of aromatic nitrogens is 1. The van der Waals surface area contributed by atoms with Crippen molar-refractivity contribution in [3.63, 3.8) is 0 Å². The summed E-state index contributed by atoms with van der Waals surface area (Å²) in [6, 6.07) is 10.6. The van der Waals surface area contributed by atoms with Gasteiger partial charge in [0.05, 0.1) is 10.6 Å². The summed E-state index contributed by atoms with van der Waals surface area (Å²) < 4.78 is 13.1. The van der Waals surface area contributed by atoms with Gasteiger partial charge in [0.2, 0.25) is 5.91 Å². The van der Waals surface area contributed by atoms with E-state index in [1.807, 2.05) is 17.5 Å². The molecule has 158 valence electrons. The number of carbonyl (C=O) groups is 1. The molecule has 1 amide bonds. The van der Waals surface area contributed by atoms with Crippen molar-refractivity contribution in [1.29, 1.82) is 0 Å². The van der Waals surface area contributed by atoms with E-state index in [1.165, 1.54) is 55.6 Å². The first-order chi connectivity index (χ1) is 14.6. The van der Waals surface area contributed by atoms with E-state index in [4.69, 9.17) is 0 Å². The third-order valence-electron chi connectivity index (χ3n) is 5.90. The van der Waals surface area contributed by atoms with Gasteiger partial charge in [-0.15, -0.1) is 22.7 Å². The number of nitrogens with zero attached hydrogens (tertiary/aromatic N) is 1. The van der Waals surface area contributed by atoms with Gasteiger partial charge in [0, 0.05) is 16.2 Å². The summed E-state index contributed by atoms with van der Waals surface area (Å²) in [6.45, 7) is 2.24. The molecule has 4 rings (SSSR count). The van der Waals surface area contributed by atoms with Crippen molar-refractivity contribution >= 4 is 33.7 Å². The fourth-order valence-corrected chi connectivity index (χ4v) is 5.86. The minimum Gasteiger partial charge on any atom is -0.302 e. The maximum atomic E-state index is 13.1. The van der Waals surface area contributed by atoms with Gasteiger partial charge in [-0.2, -0.15) is 0 Å². The Morgan fingerprint density at radius 1 is 1.10 bits per heavy atom. The molecular formula is C24H27FN2OS2. The monoisotopic (exact) mass is 442 g/mol. The van der Waals surface area contributed by atoms with Crippen LogP contribution in [-0.2, 0) is 4.79 Å². The molecule has 0 spiro atoms. The summed E-state index contributed by atoms with van der Waals surface area (Å²) in [5, 5.41) is 5.69. The number of carbonyl (C=O) groups excluding carboxylic acids is 1. The topological polar surface area (TPSA) is 42.0 Å². The number of nitrogens with one attached hydrogen (secondary N) is 1. The average Bonchev–Trinajstić information content (AvgIpc) is 3.43. The Morgan fingerprint density at radius 2 is 1.83 bits per heavy atom. The van der Waals surface area contributed by atoms with E-state index in [0.717, 1.165) is 39.8 Å². The van der Waals surface area contributed by atoms with Crippen LogP contribution in [0, 0.1) is 17.7 Å². The molecule has 1 N–H and O–H groups in total. The minimum atomic E-state index is -0.232. The molecule has 0 aliphatic heterocycles. The Balaban J connectivity index is 1.34. The molecule has 6 heteroatoms. The number of thiophene rings is 1. The predicted octanol–water partition coefficient (Wildman–Crippen LogP) is 7.61. The number of unbranched alkanes of at least 4 members (excludes halogenated alkanes) is 1. The normalized spacial score (nSPS) is 19.0. The summed E-state index contributed by atoms with van der Waals surface area (Å²) in [4.78, 5) is 19.4. The fourth-order valence-electron chi connectivity index (χ4n) is 4.10. The zero-order chi connectivity index (χ0) is 20.9. The molecular weight excluding hydrogens is 415 g/mol. The Morgan fingerprint density at radius 3 is 2.57 bits per heavy atom. The second-order valence-corrected chi connectivity index (χ2v) is 10.00. The van der Waals surface area contributed by atoms with Gasteiger partial charge in [-0.25, -0.2) is 9.37 Å². The van der Waals surface area contributed by atoms with Gasteiger partial charge >= 0.3 is 0 Å². The van der Waals surface area contributed by atoms with Crippen molar-refractivity contribution in [3.8, 4) is 21.0 Å². The number of hydrogen-bond acceptors (Lipinski definition) is 4. The van der Waals surface area contributed by atoms with Crippen molar-refractivity contribution in [3.05, 3.63) is 47.6 Å². The lowest BCUT2D eigenvalue weighted by molar-refractivity contribution is -0.121. The highest BCUT2D eigenvalue weighted by atomic mass is 32.1. The fraction of sp³-hybridized carbons (Fsp3) is 0.417. The van der Waals surface area contributed by atoms with E-state index in [1.54, 1.807) is 23.5 Å². The number of amides is 1. The number of rotatable bonds is 7. The lowest BCUT2D eigenvalue weighted by Crippen LogP contribution is -2.27. The molecule has 0 bridgehead atoms. The van der Waals surface area contributed by atoms with E-state index < -0.39 is 0 Å². The van der Waals surface area contributed by atoms with Crippen LogP contribution in [0.3, 0.4) is 0 Å². The molecule has 0 saturated heterocycles. The molecule has 30 heavy (non-hydrogen) atoms. The van der Waals surface area contributed by atoms with Gasteiger partial charge < -0.3 is 5.32 Å². The summed E-state index contributed by atoms with van der Waals surface area (Å²) in [7, 11) is 0. The SMILES string of the molecule is CCCCC1CCC(C(=O)Nc2nc(-c3ccc(-c4ccc(F)cc4)s3)cs2)CC1. The zero-order valence-electron chi connectivity index (χ0n) is 17.2. The summed E-state index contributed by atoms with van der Waals surface area (Å²) in [5.74, 6) is 0.796. The van der Waals surface area contributed by atoms with Crippen LogP contribution in [0.2, 0.25) is 0 Å². The van der Waals surface area contributed by atoms with Crippen LogP contribution in [0.4, 0.5) is 9.52 Å². The Bertz CT molecular complexity index is 971. The van der Waals surface area contributed by atoms with Gasteiger partial charge in [-0.3, -0.25) is 4.79 Å². The number of benzene rings is 1. The van der Waals surface area contributed by atoms with Crippen LogP contribution < -0.4 is 5.32 Å². The number of anilines is 1. The molecule has 1 fully saturated rings. The Labute approximate surface area is 185 Å². The Hall–Kier alpha value is -2.05. The number of thiazole rings is 1. The van der Waals surface area contributed by atoms with E-state index >= 15 is 0 Å². The van der Waals surface area contributed by atoms with Crippen molar-refractivity contribution in [2.24, 2.45) is 11.8 Å². The van der Waals surface area contributed by atoms with Gasteiger partial charge in [0.25, 0.3) is 0 Å². The summed E-state index contributed by atoms with van der Waals surface area (Å²) in [5.41, 5.74) is 1.86. The molecule has 1 aliphatic carbocycles. The second-order valence-electron chi connectivity index (χ2n) is 8.06. The lowest BCUT2D eigenvalue weighted by Gasteiger charge is -2.27. The summed E-state index contributed by atoms with van der Waals surface area (Å²) >= 11 is 3.09. The molecule has 1 aromatic carbocycles. The van der Waals surface area contributed by atoms with Crippen molar-refractivity contribution in [1.82, 2.24) is 4.98 Å². The molecule has 3 nitrogen and oxygen atoms in total. The highest BCUT2D eigenvalue weighted by Crippen LogP contribution is 2.36. The smallest absolute Gasteiger partial charge is 0.229 e. The van der Waals surface area contributed by atoms with E-state index in [2.05, 4.69) is 17.2 Å². The molecule has 2 heterocycles. The van der Waals surface area contributed by atoms with Crippen LogP contribution >= 0.6 is 22.7 Å². The highest BCUT2D eigenvalue weighted by molar-refractivity contribution is 7.19.